The quantitative estimate of drug-likeness (QED) is 0.384. The highest BCUT2D eigenvalue weighted by Gasteiger charge is 2.44. The molecule has 1 fully saturated rings. The van der Waals surface area contributed by atoms with Crippen molar-refractivity contribution in [1.29, 1.82) is 5.26 Å². The van der Waals surface area contributed by atoms with Crippen molar-refractivity contribution in [3.63, 3.8) is 0 Å². The minimum atomic E-state index is -0.597. The van der Waals surface area contributed by atoms with Crippen LogP contribution in [0.1, 0.15) is 39.3 Å². The molecule has 1 saturated carbocycles. The lowest BCUT2D eigenvalue weighted by Gasteiger charge is -2.22. The number of methoxy groups -OCH3 is 1. The zero-order valence-corrected chi connectivity index (χ0v) is 21.0. The van der Waals surface area contributed by atoms with Crippen LogP contribution in [0.3, 0.4) is 0 Å². The predicted octanol–water partition coefficient (Wildman–Crippen LogP) is 4.31. The molecule has 194 valence electrons. The maximum atomic E-state index is 15.0. The number of hydrogen-bond acceptors (Lipinski definition) is 9. The molecule has 0 spiro atoms. The van der Waals surface area contributed by atoms with Crippen LogP contribution in [0.5, 0.6) is 11.5 Å². The third kappa shape index (κ3) is 6.43. The van der Waals surface area contributed by atoms with Crippen LogP contribution in [0, 0.1) is 22.6 Å². The number of halogens is 1. The number of nitriles is 1. The number of hydrogen-bond donors (Lipinski definition) is 3. The summed E-state index contributed by atoms with van der Waals surface area (Å²) >= 11 is 0. The fourth-order valence-electron chi connectivity index (χ4n) is 3.55. The Balaban J connectivity index is 1.50. The SMILES string of the molecule is COc1ccc(F)c(OCC2(CNC(=O)OC(C)(C)C)CC2)c1-c1cc(Nc2cnc(C#N)cn2)n[nH]1. The van der Waals surface area contributed by atoms with Crippen molar-refractivity contribution >= 4 is 17.7 Å². The summed E-state index contributed by atoms with van der Waals surface area (Å²) in [6.07, 6.45) is 3.89. The number of benzene rings is 1. The van der Waals surface area contributed by atoms with Gasteiger partial charge in [-0.15, -0.1) is 0 Å². The van der Waals surface area contributed by atoms with Gasteiger partial charge >= 0.3 is 6.09 Å². The van der Waals surface area contributed by atoms with Crippen LogP contribution < -0.4 is 20.1 Å². The maximum Gasteiger partial charge on any atom is 0.407 e. The molecule has 2 aromatic heterocycles. The number of carbonyl (C=O) groups is 1. The van der Waals surface area contributed by atoms with Crippen LogP contribution in [0.2, 0.25) is 0 Å². The van der Waals surface area contributed by atoms with E-state index in [2.05, 4.69) is 30.8 Å². The number of nitrogens with one attached hydrogen (secondary N) is 3. The predicted molar refractivity (Wildman–Crippen MR) is 132 cm³/mol. The number of aromatic nitrogens is 4. The Morgan fingerprint density at radius 1 is 1.24 bits per heavy atom. The molecule has 1 aromatic carbocycles. The number of alkyl carbamates (subject to hydrolysis) is 1. The lowest BCUT2D eigenvalue weighted by Crippen LogP contribution is -2.37. The van der Waals surface area contributed by atoms with Gasteiger partial charge in [0.25, 0.3) is 0 Å². The highest BCUT2D eigenvalue weighted by atomic mass is 19.1. The van der Waals surface area contributed by atoms with Gasteiger partial charge in [0.15, 0.2) is 23.1 Å². The molecular weight excluding hydrogens is 481 g/mol. The Bertz CT molecular complexity index is 1310. The zero-order chi connectivity index (χ0) is 26.6. The van der Waals surface area contributed by atoms with Crippen molar-refractivity contribution in [1.82, 2.24) is 25.5 Å². The molecule has 11 nitrogen and oxygen atoms in total. The van der Waals surface area contributed by atoms with E-state index in [0.717, 1.165) is 12.8 Å². The molecule has 0 radical (unpaired) electrons. The van der Waals surface area contributed by atoms with Crippen molar-refractivity contribution < 1.29 is 23.4 Å². The van der Waals surface area contributed by atoms with Crippen molar-refractivity contribution in [2.24, 2.45) is 5.41 Å². The van der Waals surface area contributed by atoms with Gasteiger partial charge in [-0.1, -0.05) is 0 Å². The molecule has 3 N–H and O–H groups in total. The normalized spacial score (nSPS) is 13.8. The molecule has 3 aromatic rings. The average Bonchev–Trinajstić information content (AvgIpc) is 3.49. The third-order valence-corrected chi connectivity index (χ3v) is 5.65. The highest BCUT2D eigenvalue weighted by molar-refractivity contribution is 5.76. The molecule has 2 heterocycles. The van der Waals surface area contributed by atoms with Gasteiger partial charge in [-0.25, -0.2) is 19.2 Å². The first-order valence-corrected chi connectivity index (χ1v) is 11.6. The Morgan fingerprint density at radius 3 is 2.65 bits per heavy atom. The number of nitrogens with zero attached hydrogens (tertiary/aromatic N) is 4. The lowest BCUT2D eigenvalue weighted by molar-refractivity contribution is 0.0509. The third-order valence-electron chi connectivity index (χ3n) is 5.65. The number of amides is 1. The molecule has 4 rings (SSSR count). The van der Waals surface area contributed by atoms with E-state index in [0.29, 0.717) is 35.2 Å². The maximum absolute atomic E-state index is 15.0. The van der Waals surface area contributed by atoms with Gasteiger partial charge in [0, 0.05) is 18.0 Å². The minimum absolute atomic E-state index is 0.0104. The van der Waals surface area contributed by atoms with Crippen molar-refractivity contribution in [3.8, 4) is 28.8 Å². The van der Waals surface area contributed by atoms with Gasteiger partial charge in [-0.3, -0.25) is 5.10 Å². The van der Waals surface area contributed by atoms with E-state index in [4.69, 9.17) is 19.5 Å². The van der Waals surface area contributed by atoms with Crippen LogP contribution in [0.15, 0.2) is 30.6 Å². The van der Waals surface area contributed by atoms with Crippen molar-refractivity contribution in [2.75, 3.05) is 25.6 Å². The van der Waals surface area contributed by atoms with E-state index in [1.807, 2.05) is 6.07 Å². The monoisotopic (exact) mass is 509 g/mol. The van der Waals surface area contributed by atoms with Gasteiger partial charge in [-0.2, -0.15) is 10.4 Å². The molecule has 0 aliphatic heterocycles. The molecule has 0 atom stereocenters. The molecule has 1 aliphatic carbocycles. The van der Waals surface area contributed by atoms with E-state index in [1.165, 1.54) is 31.6 Å². The number of aromatic amines is 1. The number of anilines is 2. The largest absolute Gasteiger partial charge is 0.496 e. The molecule has 1 aliphatic rings. The van der Waals surface area contributed by atoms with E-state index in [9.17, 15) is 4.79 Å². The van der Waals surface area contributed by atoms with Crippen LogP contribution in [0.4, 0.5) is 20.8 Å². The average molecular weight is 510 g/mol. The highest BCUT2D eigenvalue weighted by Crippen LogP contribution is 2.47. The summed E-state index contributed by atoms with van der Waals surface area (Å²) in [6, 6.07) is 6.34. The fraction of sp³-hybridized carbons (Fsp3) is 0.400. The first kappa shape index (κ1) is 25.7. The topological polar surface area (TPSA) is 147 Å². The number of H-pyrrole nitrogens is 1. The van der Waals surface area contributed by atoms with Crippen molar-refractivity contribution in [3.05, 3.63) is 42.1 Å². The summed E-state index contributed by atoms with van der Waals surface area (Å²) in [7, 11) is 1.48. The van der Waals surface area contributed by atoms with E-state index >= 15 is 4.39 Å². The smallest absolute Gasteiger partial charge is 0.407 e. The zero-order valence-electron chi connectivity index (χ0n) is 21.0. The first-order valence-electron chi connectivity index (χ1n) is 11.6. The summed E-state index contributed by atoms with van der Waals surface area (Å²) in [5.74, 6) is 0.617. The number of carbonyl (C=O) groups excluding carboxylic acids is 1. The Kier molecular flexibility index (Phi) is 7.15. The van der Waals surface area contributed by atoms with E-state index in [1.54, 1.807) is 26.8 Å². The number of ether oxygens (including phenoxy) is 3. The summed E-state index contributed by atoms with van der Waals surface area (Å²) in [6.45, 7) is 5.93. The Morgan fingerprint density at radius 2 is 2.03 bits per heavy atom. The van der Waals surface area contributed by atoms with Gasteiger partial charge in [0.2, 0.25) is 0 Å². The summed E-state index contributed by atoms with van der Waals surface area (Å²) in [5.41, 5.74) is 0.102. The van der Waals surface area contributed by atoms with Gasteiger partial charge in [-0.05, 0) is 45.7 Å². The van der Waals surface area contributed by atoms with Crippen LogP contribution in [-0.2, 0) is 4.74 Å². The van der Waals surface area contributed by atoms with E-state index < -0.39 is 17.5 Å². The second kappa shape index (κ2) is 10.3. The second-order valence-corrected chi connectivity index (χ2v) is 9.79. The summed E-state index contributed by atoms with van der Waals surface area (Å²) < 4.78 is 31.8. The van der Waals surface area contributed by atoms with Gasteiger partial charge < -0.3 is 24.8 Å². The van der Waals surface area contributed by atoms with Crippen molar-refractivity contribution in [2.45, 2.75) is 39.2 Å². The minimum Gasteiger partial charge on any atom is -0.496 e. The first-order chi connectivity index (χ1) is 17.6. The molecule has 0 bridgehead atoms. The summed E-state index contributed by atoms with van der Waals surface area (Å²) in [4.78, 5) is 20.1. The second-order valence-electron chi connectivity index (χ2n) is 9.79. The molecule has 12 heteroatoms. The van der Waals surface area contributed by atoms with Crippen LogP contribution >= 0.6 is 0 Å². The fourth-order valence-corrected chi connectivity index (χ4v) is 3.55. The number of rotatable bonds is 9. The molecule has 1 amide bonds. The van der Waals surface area contributed by atoms with Crippen LogP contribution in [-0.4, -0.2) is 52.1 Å². The lowest BCUT2D eigenvalue weighted by atomic mass is 10.1. The standard InChI is InChI=1S/C25H28FN7O4/c1-24(2,3)37-23(34)30-13-25(7-8-25)14-36-22-16(26)5-6-18(35-4)21(22)17-9-19(33-32-17)31-20-12-28-15(10-27)11-29-20/h5-6,9,11-12H,7-8,13-14H2,1-4H3,(H,30,34)(H2,29,31,32,33). The summed E-state index contributed by atoms with van der Waals surface area (Å²) in [5, 5.41) is 21.7. The molecule has 37 heavy (non-hydrogen) atoms. The van der Waals surface area contributed by atoms with Gasteiger partial charge in [0.1, 0.15) is 23.2 Å². The Labute approximate surface area is 213 Å². The molecule has 0 unspecified atom stereocenters. The molecule has 0 saturated heterocycles. The molecular formula is C25H28FN7O4. The Hall–Kier alpha value is -4.40. The van der Waals surface area contributed by atoms with Crippen LogP contribution in [0.25, 0.3) is 11.3 Å². The van der Waals surface area contributed by atoms with E-state index in [-0.39, 0.29) is 23.5 Å². The van der Waals surface area contributed by atoms with Gasteiger partial charge in [0.05, 0.1) is 37.4 Å².